The number of benzene rings is 1. The maximum absolute atomic E-state index is 14.3. The maximum atomic E-state index is 14.3. The number of amides is 9. The van der Waals surface area contributed by atoms with E-state index in [-0.39, 0.29) is 62.7 Å². The summed E-state index contributed by atoms with van der Waals surface area (Å²) in [6.45, 7) is 13.2. The first kappa shape index (κ1) is 60.8. The number of carbonyl (C=O) groups is 9. The van der Waals surface area contributed by atoms with Gasteiger partial charge in [0.25, 0.3) is 0 Å². The van der Waals surface area contributed by atoms with Crippen molar-refractivity contribution in [3.8, 4) is 0 Å². The molecule has 0 saturated carbocycles. The van der Waals surface area contributed by atoms with Crippen molar-refractivity contribution >= 4 is 87.3 Å². The summed E-state index contributed by atoms with van der Waals surface area (Å²) in [5.74, 6) is -5.35. The molecule has 72 heavy (non-hydrogen) atoms. The Morgan fingerprint density at radius 1 is 0.819 bits per heavy atom. The molecule has 3 rings (SSSR count). The number of aromatic nitrogens is 1. The molecule has 1 unspecified atom stereocenters. The molecule has 0 spiro atoms. The summed E-state index contributed by atoms with van der Waals surface area (Å²) in [6.07, 6.45) is 4.14. The fraction of sp³-hybridized carbons (Fsp3) is 0.653. The van der Waals surface area contributed by atoms with Gasteiger partial charge in [0.1, 0.15) is 30.2 Å². The van der Waals surface area contributed by atoms with Crippen molar-refractivity contribution in [2.75, 3.05) is 44.5 Å². The highest BCUT2D eigenvalue weighted by atomic mass is 35.5. The Hall–Kier alpha value is -5.51. The van der Waals surface area contributed by atoms with Crippen LogP contribution in [0, 0.1) is 11.8 Å². The van der Waals surface area contributed by atoms with E-state index in [4.69, 9.17) is 34.7 Å². The molecule has 0 aliphatic carbocycles. The maximum Gasteiger partial charge on any atom is 0.243 e. The van der Waals surface area contributed by atoms with Crippen LogP contribution < -0.4 is 48.7 Å². The van der Waals surface area contributed by atoms with Crippen LogP contribution in [-0.4, -0.2) is 161 Å². The quantitative estimate of drug-likeness (QED) is 0.0454. The highest BCUT2D eigenvalue weighted by molar-refractivity contribution is 6.18. The summed E-state index contributed by atoms with van der Waals surface area (Å²) >= 11 is 12.1. The van der Waals surface area contributed by atoms with E-state index in [9.17, 15) is 43.2 Å². The average Bonchev–Trinajstić information content (AvgIpc) is 3.96. The normalized spacial score (nSPS) is 17.1. The lowest BCUT2D eigenvalue weighted by atomic mass is 10.0. The number of nitrogens with zero attached hydrogens (tertiary/aromatic N) is 2. The molecule has 1 aromatic carbocycles. The Bertz CT molecular complexity index is 2150. The monoisotopic (exact) mass is 1050 g/mol. The van der Waals surface area contributed by atoms with Crippen LogP contribution in [0.5, 0.6) is 0 Å². The predicted molar refractivity (Wildman–Crippen MR) is 276 cm³/mol. The van der Waals surface area contributed by atoms with Gasteiger partial charge in [-0.2, -0.15) is 0 Å². The average molecular weight is 1050 g/mol. The number of hydrogen-bond donors (Lipinski definition) is 10. The van der Waals surface area contributed by atoms with Crippen molar-refractivity contribution in [1.29, 1.82) is 0 Å². The van der Waals surface area contributed by atoms with Crippen LogP contribution in [0.3, 0.4) is 0 Å². The number of likely N-dealkylation sites (tertiary alicyclic amines) is 1. The van der Waals surface area contributed by atoms with Crippen molar-refractivity contribution in [3.05, 3.63) is 36.0 Å². The van der Waals surface area contributed by atoms with Crippen LogP contribution in [0.4, 0.5) is 0 Å². The number of aromatic amines is 1. The predicted octanol–water partition coefficient (Wildman–Crippen LogP) is 0.641. The molecule has 0 radical (unpaired) electrons. The molecule has 9 amide bonds. The van der Waals surface area contributed by atoms with Gasteiger partial charge < -0.3 is 58.6 Å². The van der Waals surface area contributed by atoms with Crippen LogP contribution in [0.1, 0.15) is 99.0 Å². The summed E-state index contributed by atoms with van der Waals surface area (Å²) in [7, 11) is 0. The van der Waals surface area contributed by atoms with Crippen LogP contribution in [0.2, 0.25) is 0 Å². The Labute approximate surface area is 432 Å². The lowest BCUT2D eigenvalue weighted by Gasteiger charge is -2.27. The van der Waals surface area contributed by atoms with Gasteiger partial charge in [-0.3, -0.25) is 48.1 Å². The summed E-state index contributed by atoms with van der Waals surface area (Å²) in [4.78, 5) is 126. The molecule has 1 saturated heterocycles. The van der Waals surface area contributed by atoms with Gasteiger partial charge in [-0.15, -0.1) is 23.2 Å². The van der Waals surface area contributed by atoms with Crippen LogP contribution in [-0.2, 0) is 49.6 Å². The number of nitrogens with two attached hydrogens (primary N) is 2. The van der Waals surface area contributed by atoms with E-state index in [2.05, 4.69) is 42.2 Å². The molecule has 2 heterocycles. The molecule has 21 nitrogen and oxygen atoms in total. The molecule has 402 valence electrons. The smallest absolute Gasteiger partial charge is 0.243 e. The molecule has 1 aliphatic heterocycles. The second-order valence-electron chi connectivity index (χ2n) is 19.3. The van der Waals surface area contributed by atoms with Crippen molar-refractivity contribution in [3.63, 3.8) is 0 Å². The lowest BCUT2D eigenvalue weighted by molar-refractivity contribution is -0.138. The number of halogens is 2. The van der Waals surface area contributed by atoms with E-state index in [1.807, 2.05) is 49.9 Å². The molecular formula is C49H78Cl2N12O9. The fourth-order valence-electron chi connectivity index (χ4n) is 8.74. The van der Waals surface area contributed by atoms with Crippen molar-refractivity contribution < 1.29 is 43.2 Å². The number of H-pyrrole nitrogens is 1. The highest BCUT2D eigenvalue weighted by Crippen LogP contribution is 2.24. The summed E-state index contributed by atoms with van der Waals surface area (Å²) in [5.41, 5.74) is 12.5. The topological polar surface area (TPSA) is 312 Å². The standard InChI is InChI=1S/C49H78Cl2N12O9/c1-8-9-13-37(44(53)67)55-25-33(21-28(2)3)58-42(66)26-56-49(72)43(29(4)5)61-45(68)30(6)57-47(70)39(22-32-24-54-36-14-11-10-12-35(32)36)60-46(69)38(15-16-41(52)65)59-48(71)40-23-34(27-63(40)31(7)64)62(19-17-50)20-18-51/h10-12,14,24,28-30,33-34,37-40,43,54-55H,8-9,13,15-23,25-27H2,1-7H3,(H2,52,65)(H2,53,67)(H,56,72)(H,57,70)(H,58,66)(H,59,71)(H,60,69)(H,61,68)/t30-,33-,34?,37-,38-,39-,40+,43-/m0/s1. The van der Waals surface area contributed by atoms with Gasteiger partial charge in [-0.1, -0.05) is 65.7 Å². The Balaban J connectivity index is 1.78. The molecule has 23 heteroatoms. The fourth-order valence-corrected chi connectivity index (χ4v) is 9.18. The third kappa shape index (κ3) is 19.5. The zero-order valence-electron chi connectivity index (χ0n) is 42.7. The molecule has 1 aliphatic rings. The molecule has 1 aromatic heterocycles. The SMILES string of the molecule is CCCC[C@H](NC[C@H](CC(C)C)NC(=O)CNC(=O)[C@@H](NC(=O)[C@H](C)NC(=O)[C@H](Cc1c[nH]c2ccccc12)NC(=O)[C@H](CCC(N)=O)NC(=O)[C@H]1CC(N(CCCl)CCCl)CN1C(C)=O)C(C)C)C(N)=O. The van der Waals surface area contributed by atoms with Crippen molar-refractivity contribution in [1.82, 2.24) is 52.0 Å². The number of nitrogens with one attached hydrogen (secondary N) is 8. The Morgan fingerprint density at radius 3 is 2.08 bits per heavy atom. The number of unbranched alkanes of at least 4 members (excludes halogenated alkanes) is 1. The summed E-state index contributed by atoms with van der Waals surface area (Å²) in [5, 5.41) is 20.2. The van der Waals surface area contributed by atoms with Crippen molar-refractivity contribution in [2.45, 2.75) is 148 Å². The third-order valence-electron chi connectivity index (χ3n) is 12.6. The number of primary amides is 2. The lowest BCUT2D eigenvalue weighted by Crippen LogP contribution is -2.59. The minimum Gasteiger partial charge on any atom is -0.370 e. The molecule has 2 aromatic rings. The van der Waals surface area contributed by atoms with Crippen LogP contribution >= 0.6 is 23.2 Å². The van der Waals surface area contributed by atoms with Gasteiger partial charge in [0.05, 0.1) is 12.6 Å². The van der Waals surface area contributed by atoms with Gasteiger partial charge >= 0.3 is 0 Å². The number of carbonyl (C=O) groups excluding carboxylic acids is 9. The van der Waals surface area contributed by atoms with E-state index < -0.39 is 96.0 Å². The van der Waals surface area contributed by atoms with Crippen molar-refractivity contribution in [2.24, 2.45) is 23.3 Å². The first-order valence-electron chi connectivity index (χ1n) is 24.9. The molecular weight excluding hydrogens is 972 g/mol. The molecule has 1 fully saturated rings. The van der Waals surface area contributed by atoms with E-state index in [0.717, 1.165) is 23.7 Å². The third-order valence-corrected chi connectivity index (χ3v) is 13.0. The van der Waals surface area contributed by atoms with Gasteiger partial charge in [-0.05, 0) is 56.1 Å². The number of rotatable bonds is 32. The molecule has 8 atom stereocenters. The van der Waals surface area contributed by atoms with Gasteiger partial charge in [0, 0.05) is 86.9 Å². The first-order valence-corrected chi connectivity index (χ1v) is 25.9. The van der Waals surface area contributed by atoms with E-state index >= 15 is 0 Å². The second kappa shape index (κ2) is 30.5. The molecule has 12 N–H and O–H groups in total. The van der Waals surface area contributed by atoms with E-state index in [0.29, 0.717) is 43.3 Å². The van der Waals surface area contributed by atoms with E-state index in [1.54, 1.807) is 20.0 Å². The minimum absolute atomic E-state index is 0.0798. The number of fused-ring (bicyclic) bond motifs is 1. The van der Waals surface area contributed by atoms with Crippen LogP contribution in [0.25, 0.3) is 10.9 Å². The van der Waals surface area contributed by atoms with Crippen LogP contribution in [0.15, 0.2) is 30.5 Å². The van der Waals surface area contributed by atoms with E-state index in [1.165, 1.54) is 18.7 Å². The number of hydrogen-bond acceptors (Lipinski definition) is 11. The second-order valence-corrected chi connectivity index (χ2v) is 20.0. The Kier molecular flexibility index (Phi) is 25.8. The zero-order valence-corrected chi connectivity index (χ0v) is 44.3. The van der Waals surface area contributed by atoms with Gasteiger partial charge in [0.15, 0.2) is 0 Å². The van der Waals surface area contributed by atoms with Gasteiger partial charge in [-0.25, -0.2) is 0 Å². The van der Waals surface area contributed by atoms with Gasteiger partial charge in [0.2, 0.25) is 53.2 Å². The molecule has 0 bridgehead atoms. The summed E-state index contributed by atoms with van der Waals surface area (Å²) < 4.78 is 0. The number of alkyl halides is 2. The zero-order chi connectivity index (χ0) is 53.7. The summed E-state index contributed by atoms with van der Waals surface area (Å²) in [6, 6.07) is 0.0674. The highest BCUT2D eigenvalue weighted by Gasteiger charge is 2.42. The minimum atomic E-state index is -1.38. The largest absolute Gasteiger partial charge is 0.370 e. The first-order chi connectivity index (χ1) is 34.1. The Morgan fingerprint density at radius 2 is 1.49 bits per heavy atom. The number of para-hydroxylation sites is 1.